The van der Waals surface area contributed by atoms with E-state index in [2.05, 4.69) is 34.8 Å². The van der Waals surface area contributed by atoms with E-state index in [1.807, 2.05) is 32.4 Å². The minimum Gasteiger partial charge on any atom is -0.494 e. The van der Waals surface area contributed by atoms with Crippen LogP contribution < -0.4 is 15.4 Å². The molecule has 6 heteroatoms. The van der Waals surface area contributed by atoms with Gasteiger partial charge in [0, 0.05) is 37.8 Å². The molecule has 0 spiro atoms. The Hall–Kier alpha value is -2.34. The average molecular weight is 342 g/mol. The van der Waals surface area contributed by atoms with Crippen LogP contribution in [0.5, 0.6) is 5.75 Å². The van der Waals surface area contributed by atoms with Gasteiger partial charge in [0.2, 0.25) is 5.91 Å². The van der Waals surface area contributed by atoms with Crippen LogP contribution in [-0.2, 0) is 18.4 Å². The van der Waals surface area contributed by atoms with Crippen LogP contribution >= 0.6 is 0 Å². The van der Waals surface area contributed by atoms with Gasteiger partial charge in [-0.3, -0.25) is 9.48 Å². The van der Waals surface area contributed by atoms with Crippen molar-refractivity contribution in [2.75, 3.05) is 6.61 Å². The Bertz CT molecular complexity index is 741. The number of ether oxygens (including phenoxy) is 1. The fourth-order valence-electron chi connectivity index (χ4n) is 3.30. The molecule has 3 rings (SSSR count). The Kier molecular flexibility index (Phi) is 5.38. The number of nitrogens with one attached hydrogen (secondary N) is 2. The van der Waals surface area contributed by atoms with Crippen molar-refractivity contribution >= 4 is 5.91 Å². The number of piperidine rings is 1. The molecule has 0 saturated carbocycles. The van der Waals surface area contributed by atoms with Crippen LogP contribution in [-0.4, -0.2) is 28.3 Å². The number of aromatic nitrogens is 2. The molecule has 2 N–H and O–H groups in total. The Balaban J connectivity index is 1.69. The fraction of sp³-hybridized carbons (Fsp3) is 0.474. The largest absolute Gasteiger partial charge is 0.494 e. The maximum absolute atomic E-state index is 11.8. The molecule has 1 amide bonds. The first-order valence-electron chi connectivity index (χ1n) is 8.80. The summed E-state index contributed by atoms with van der Waals surface area (Å²) < 4.78 is 7.32. The SMILES string of the molecule is CCOc1ccc(CN[C@@H]2CCC(=O)N[C@H]2c2cnn(C)c2)c(C)c1. The van der Waals surface area contributed by atoms with Gasteiger partial charge >= 0.3 is 0 Å². The second kappa shape index (κ2) is 7.70. The van der Waals surface area contributed by atoms with Gasteiger partial charge in [-0.2, -0.15) is 5.10 Å². The molecule has 2 atom stereocenters. The van der Waals surface area contributed by atoms with E-state index in [9.17, 15) is 4.79 Å². The van der Waals surface area contributed by atoms with Crippen LogP contribution in [0.15, 0.2) is 30.6 Å². The summed E-state index contributed by atoms with van der Waals surface area (Å²) in [5.41, 5.74) is 3.48. The van der Waals surface area contributed by atoms with Crippen LogP contribution in [0.4, 0.5) is 0 Å². The smallest absolute Gasteiger partial charge is 0.220 e. The Morgan fingerprint density at radius 2 is 2.28 bits per heavy atom. The third-order valence-electron chi connectivity index (χ3n) is 4.66. The van der Waals surface area contributed by atoms with E-state index < -0.39 is 0 Å². The first-order chi connectivity index (χ1) is 12.1. The predicted molar refractivity (Wildman–Crippen MR) is 96.3 cm³/mol. The zero-order valence-corrected chi connectivity index (χ0v) is 15.1. The van der Waals surface area contributed by atoms with Gasteiger partial charge in [0.1, 0.15) is 5.75 Å². The number of rotatable bonds is 6. The van der Waals surface area contributed by atoms with Crippen molar-refractivity contribution in [3.05, 3.63) is 47.3 Å². The third-order valence-corrected chi connectivity index (χ3v) is 4.66. The lowest BCUT2D eigenvalue weighted by Gasteiger charge is -2.32. The lowest BCUT2D eigenvalue weighted by molar-refractivity contribution is -0.123. The molecule has 2 aromatic rings. The minimum atomic E-state index is -0.0436. The molecule has 0 unspecified atom stereocenters. The van der Waals surface area contributed by atoms with E-state index in [-0.39, 0.29) is 18.0 Å². The van der Waals surface area contributed by atoms with Crippen LogP contribution in [0.25, 0.3) is 0 Å². The van der Waals surface area contributed by atoms with Crippen molar-refractivity contribution in [1.29, 1.82) is 0 Å². The average Bonchev–Trinajstić information content (AvgIpc) is 3.01. The van der Waals surface area contributed by atoms with E-state index >= 15 is 0 Å². The van der Waals surface area contributed by atoms with Crippen LogP contribution in [0.3, 0.4) is 0 Å². The highest BCUT2D eigenvalue weighted by Gasteiger charge is 2.30. The van der Waals surface area contributed by atoms with E-state index in [1.165, 1.54) is 11.1 Å². The maximum atomic E-state index is 11.8. The number of carbonyl (C=O) groups is 1. The van der Waals surface area contributed by atoms with Gasteiger partial charge in [0.15, 0.2) is 0 Å². The van der Waals surface area contributed by atoms with Gasteiger partial charge < -0.3 is 15.4 Å². The summed E-state index contributed by atoms with van der Waals surface area (Å²) in [6.07, 6.45) is 5.16. The molecule has 0 bridgehead atoms. The summed E-state index contributed by atoms with van der Waals surface area (Å²) in [5.74, 6) is 1.01. The van der Waals surface area contributed by atoms with Crippen molar-refractivity contribution in [2.45, 2.75) is 45.3 Å². The van der Waals surface area contributed by atoms with E-state index in [4.69, 9.17) is 4.74 Å². The second-order valence-electron chi connectivity index (χ2n) is 6.54. The van der Waals surface area contributed by atoms with Crippen molar-refractivity contribution in [3.8, 4) is 5.75 Å². The van der Waals surface area contributed by atoms with Crippen molar-refractivity contribution in [2.24, 2.45) is 7.05 Å². The number of hydrogen-bond acceptors (Lipinski definition) is 4. The Morgan fingerprint density at radius 3 is 2.96 bits per heavy atom. The number of nitrogens with zero attached hydrogens (tertiary/aromatic N) is 2. The van der Waals surface area contributed by atoms with Gasteiger partial charge in [-0.15, -0.1) is 0 Å². The summed E-state index contributed by atoms with van der Waals surface area (Å²) in [7, 11) is 1.89. The van der Waals surface area contributed by atoms with Gasteiger partial charge in [-0.1, -0.05) is 6.07 Å². The zero-order chi connectivity index (χ0) is 17.8. The normalized spacial score (nSPS) is 20.4. The molecule has 1 aliphatic heterocycles. The van der Waals surface area contributed by atoms with E-state index in [1.54, 1.807) is 4.68 Å². The first kappa shape index (κ1) is 17.5. The fourth-order valence-corrected chi connectivity index (χ4v) is 3.30. The Labute approximate surface area is 148 Å². The predicted octanol–water partition coefficient (Wildman–Crippen LogP) is 2.24. The number of aryl methyl sites for hydroxylation is 2. The molecule has 0 aliphatic carbocycles. The highest BCUT2D eigenvalue weighted by molar-refractivity contribution is 5.77. The standard InChI is InChI=1S/C19H26N4O2/c1-4-25-16-6-5-14(13(2)9-16)10-20-17-7-8-18(24)22-19(17)15-11-21-23(3)12-15/h5-6,9,11-12,17,19-20H,4,7-8,10H2,1-3H3,(H,22,24)/t17-,19+/m1/s1. The minimum absolute atomic E-state index is 0.0436. The lowest BCUT2D eigenvalue weighted by atomic mass is 9.93. The Morgan fingerprint density at radius 1 is 1.44 bits per heavy atom. The summed E-state index contributed by atoms with van der Waals surface area (Å²) in [5, 5.41) is 10.9. The second-order valence-corrected chi connectivity index (χ2v) is 6.54. The van der Waals surface area contributed by atoms with Crippen molar-refractivity contribution in [1.82, 2.24) is 20.4 Å². The number of amides is 1. The van der Waals surface area contributed by atoms with Crippen molar-refractivity contribution < 1.29 is 9.53 Å². The molecule has 1 saturated heterocycles. The van der Waals surface area contributed by atoms with E-state index in [0.29, 0.717) is 13.0 Å². The summed E-state index contributed by atoms with van der Waals surface area (Å²) >= 11 is 0. The molecule has 1 aliphatic rings. The summed E-state index contributed by atoms with van der Waals surface area (Å²) in [4.78, 5) is 11.8. The topological polar surface area (TPSA) is 68.2 Å². The molecule has 6 nitrogen and oxygen atoms in total. The molecule has 0 radical (unpaired) electrons. The molecular weight excluding hydrogens is 316 g/mol. The molecular formula is C19H26N4O2. The number of benzene rings is 1. The van der Waals surface area contributed by atoms with Crippen LogP contribution in [0, 0.1) is 6.92 Å². The van der Waals surface area contributed by atoms with Crippen LogP contribution in [0.2, 0.25) is 0 Å². The molecule has 134 valence electrons. The molecule has 1 fully saturated rings. The van der Waals surface area contributed by atoms with E-state index in [0.717, 1.165) is 24.3 Å². The molecule has 25 heavy (non-hydrogen) atoms. The zero-order valence-electron chi connectivity index (χ0n) is 15.1. The number of carbonyl (C=O) groups excluding carboxylic acids is 1. The first-order valence-corrected chi connectivity index (χ1v) is 8.80. The maximum Gasteiger partial charge on any atom is 0.220 e. The van der Waals surface area contributed by atoms with Crippen molar-refractivity contribution in [3.63, 3.8) is 0 Å². The third kappa shape index (κ3) is 4.20. The lowest BCUT2D eigenvalue weighted by Crippen LogP contribution is -2.48. The molecule has 2 heterocycles. The van der Waals surface area contributed by atoms with Gasteiger partial charge in [0.05, 0.1) is 18.8 Å². The van der Waals surface area contributed by atoms with Gasteiger partial charge in [0.25, 0.3) is 0 Å². The van der Waals surface area contributed by atoms with Gasteiger partial charge in [-0.05, 0) is 43.5 Å². The summed E-state index contributed by atoms with van der Waals surface area (Å²) in [6, 6.07) is 6.33. The quantitative estimate of drug-likeness (QED) is 0.845. The van der Waals surface area contributed by atoms with Crippen LogP contribution in [0.1, 0.15) is 42.5 Å². The number of hydrogen-bond donors (Lipinski definition) is 2. The van der Waals surface area contributed by atoms with Gasteiger partial charge in [-0.25, -0.2) is 0 Å². The highest BCUT2D eigenvalue weighted by atomic mass is 16.5. The summed E-state index contributed by atoms with van der Waals surface area (Å²) in [6.45, 7) is 5.52. The monoisotopic (exact) mass is 342 g/mol. The highest BCUT2D eigenvalue weighted by Crippen LogP contribution is 2.25. The molecule has 1 aromatic carbocycles. The molecule has 1 aromatic heterocycles.